The molecule has 1 aromatic heterocycles. The first kappa shape index (κ1) is 15.2. The van der Waals surface area contributed by atoms with Gasteiger partial charge in [0, 0.05) is 26.4 Å². The third-order valence-corrected chi connectivity index (χ3v) is 3.44. The Morgan fingerprint density at radius 3 is 2.72 bits per heavy atom. The number of methoxy groups -OCH3 is 1. The van der Waals surface area contributed by atoms with E-state index in [9.17, 15) is 0 Å². The van der Waals surface area contributed by atoms with Gasteiger partial charge in [-0.1, -0.05) is 6.92 Å². The van der Waals surface area contributed by atoms with Gasteiger partial charge >= 0.3 is 0 Å². The zero-order valence-corrected chi connectivity index (χ0v) is 12.4. The lowest BCUT2D eigenvalue weighted by molar-refractivity contribution is 0.0115. The van der Waals surface area contributed by atoms with Gasteiger partial charge in [0.15, 0.2) is 0 Å². The van der Waals surface area contributed by atoms with Crippen molar-refractivity contribution in [1.29, 1.82) is 0 Å². The molecule has 1 aromatic rings. The molecular weight excluding hydrogens is 226 g/mol. The summed E-state index contributed by atoms with van der Waals surface area (Å²) in [6, 6.07) is 0.354. The molecule has 1 atom stereocenters. The van der Waals surface area contributed by atoms with Gasteiger partial charge in [0.2, 0.25) is 0 Å². The minimum absolute atomic E-state index is 0.0647. The van der Waals surface area contributed by atoms with Gasteiger partial charge in [0.25, 0.3) is 0 Å². The molecule has 0 aliphatic heterocycles. The first-order valence-corrected chi connectivity index (χ1v) is 6.75. The van der Waals surface area contributed by atoms with Crippen molar-refractivity contribution in [2.24, 2.45) is 7.05 Å². The molecule has 1 heterocycles. The van der Waals surface area contributed by atoms with Crippen molar-refractivity contribution in [3.63, 3.8) is 0 Å². The number of rotatable bonds is 8. The normalized spacial score (nSPS) is 13.8. The van der Waals surface area contributed by atoms with Crippen LogP contribution in [0.1, 0.15) is 51.8 Å². The van der Waals surface area contributed by atoms with Crippen LogP contribution in [-0.2, 0) is 11.8 Å². The van der Waals surface area contributed by atoms with Crippen LogP contribution in [0.25, 0.3) is 0 Å². The first-order valence-electron chi connectivity index (χ1n) is 6.75. The number of hydrogen-bond donors (Lipinski definition) is 1. The molecule has 0 bridgehead atoms. The molecule has 1 unspecified atom stereocenters. The van der Waals surface area contributed by atoms with Gasteiger partial charge in [0.05, 0.1) is 17.6 Å². The van der Waals surface area contributed by atoms with E-state index < -0.39 is 0 Å². The third-order valence-electron chi connectivity index (χ3n) is 3.44. The zero-order valence-electron chi connectivity index (χ0n) is 12.4. The van der Waals surface area contributed by atoms with E-state index in [1.807, 2.05) is 19.6 Å². The summed E-state index contributed by atoms with van der Waals surface area (Å²) in [5, 5.41) is 3.59. The predicted molar refractivity (Wildman–Crippen MR) is 74.6 cm³/mol. The van der Waals surface area contributed by atoms with E-state index in [1.54, 1.807) is 7.11 Å². The number of hydrogen-bond acceptors (Lipinski definition) is 3. The van der Waals surface area contributed by atoms with Gasteiger partial charge in [-0.2, -0.15) is 0 Å². The number of imidazole rings is 1. The number of ether oxygens (including phenoxy) is 1. The molecule has 4 heteroatoms. The zero-order chi connectivity index (χ0) is 13.6. The van der Waals surface area contributed by atoms with E-state index in [1.165, 1.54) is 5.69 Å². The molecule has 0 amide bonds. The van der Waals surface area contributed by atoms with Crippen LogP contribution in [-0.4, -0.2) is 28.8 Å². The maximum Gasteiger partial charge on any atom is 0.0946 e. The molecule has 1 rings (SSSR count). The summed E-state index contributed by atoms with van der Waals surface area (Å²) in [6.45, 7) is 7.48. The lowest BCUT2D eigenvalue weighted by atomic mass is 9.97. The fraction of sp³-hybridized carbons (Fsp3) is 0.786. The highest BCUT2D eigenvalue weighted by Crippen LogP contribution is 2.24. The average Bonchev–Trinajstić information content (AvgIpc) is 2.76. The molecule has 0 aliphatic rings. The highest BCUT2D eigenvalue weighted by Gasteiger charge is 2.21. The van der Waals surface area contributed by atoms with Crippen molar-refractivity contribution < 1.29 is 4.74 Å². The van der Waals surface area contributed by atoms with E-state index >= 15 is 0 Å². The molecule has 0 saturated carbocycles. The maximum absolute atomic E-state index is 5.49. The van der Waals surface area contributed by atoms with Crippen molar-refractivity contribution in [3.8, 4) is 0 Å². The topological polar surface area (TPSA) is 39.1 Å². The fourth-order valence-corrected chi connectivity index (χ4v) is 1.97. The minimum Gasteiger partial charge on any atom is -0.379 e. The quantitative estimate of drug-likeness (QED) is 0.774. The SMILES string of the molecule is CCCNC(CCC(C)(C)OC)c1cncn1C. The molecule has 0 aromatic carbocycles. The molecule has 4 nitrogen and oxygen atoms in total. The Morgan fingerprint density at radius 1 is 1.50 bits per heavy atom. The highest BCUT2D eigenvalue weighted by molar-refractivity contribution is 5.05. The summed E-state index contributed by atoms with van der Waals surface area (Å²) in [4.78, 5) is 4.21. The van der Waals surface area contributed by atoms with E-state index in [4.69, 9.17) is 4.74 Å². The summed E-state index contributed by atoms with van der Waals surface area (Å²) in [5.74, 6) is 0. The summed E-state index contributed by atoms with van der Waals surface area (Å²) < 4.78 is 7.58. The predicted octanol–water partition coefficient (Wildman–Crippen LogP) is 2.67. The van der Waals surface area contributed by atoms with Gasteiger partial charge in [-0.15, -0.1) is 0 Å². The van der Waals surface area contributed by atoms with Crippen LogP contribution >= 0.6 is 0 Å². The fourth-order valence-electron chi connectivity index (χ4n) is 1.97. The summed E-state index contributed by atoms with van der Waals surface area (Å²) in [5.41, 5.74) is 1.18. The standard InChI is InChI=1S/C14H27N3O/c1-6-9-16-12(7-8-14(2,3)18-5)13-10-15-11-17(13)4/h10-12,16H,6-9H2,1-5H3. The molecule has 0 saturated heterocycles. The number of aryl methyl sites for hydroxylation is 1. The van der Waals surface area contributed by atoms with E-state index in [-0.39, 0.29) is 5.60 Å². The van der Waals surface area contributed by atoms with Crippen LogP contribution in [0, 0.1) is 0 Å². The van der Waals surface area contributed by atoms with Crippen molar-refractivity contribution in [2.45, 2.75) is 51.7 Å². The highest BCUT2D eigenvalue weighted by atomic mass is 16.5. The molecule has 18 heavy (non-hydrogen) atoms. The second kappa shape index (κ2) is 6.90. The summed E-state index contributed by atoms with van der Waals surface area (Å²) in [6.07, 6.45) is 7.03. The first-order chi connectivity index (χ1) is 8.50. The van der Waals surface area contributed by atoms with Crippen molar-refractivity contribution in [1.82, 2.24) is 14.9 Å². The lowest BCUT2D eigenvalue weighted by Gasteiger charge is -2.26. The molecule has 1 N–H and O–H groups in total. The van der Waals surface area contributed by atoms with Gasteiger partial charge in [-0.25, -0.2) is 4.98 Å². The number of nitrogens with one attached hydrogen (secondary N) is 1. The minimum atomic E-state index is -0.0647. The Bertz CT molecular complexity index is 347. The van der Waals surface area contributed by atoms with Crippen molar-refractivity contribution >= 4 is 0 Å². The molecule has 0 spiro atoms. The van der Waals surface area contributed by atoms with Crippen molar-refractivity contribution in [2.75, 3.05) is 13.7 Å². The number of aromatic nitrogens is 2. The third kappa shape index (κ3) is 4.42. The van der Waals surface area contributed by atoms with Crippen LogP contribution in [0.2, 0.25) is 0 Å². The van der Waals surface area contributed by atoms with Crippen LogP contribution in [0.4, 0.5) is 0 Å². The lowest BCUT2D eigenvalue weighted by Crippen LogP contribution is -2.28. The van der Waals surface area contributed by atoms with Crippen LogP contribution < -0.4 is 5.32 Å². The van der Waals surface area contributed by atoms with Crippen LogP contribution in [0.5, 0.6) is 0 Å². The van der Waals surface area contributed by atoms with Crippen LogP contribution in [0.15, 0.2) is 12.5 Å². The number of nitrogens with zero attached hydrogens (tertiary/aromatic N) is 2. The molecule has 0 aliphatic carbocycles. The Labute approximate surface area is 111 Å². The van der Waals surface area contributed by atoms with Crippen molar-refractivity contribution in [3.05, 3.63) is 18.2 Å². The Kier molecular flexibility index (Phi) is 5.82. The molecule has 0 radical (unpaired) electrons. The maximum atomic E-state index is 5.49. The Balaban J connectivity index is 2.65. The van der Waals surface area contributed by atoms with E-state index in [0.29, 0.717) is 6.04 Å². The van der Waals surface area contributed by atoms with Gasteiger partial charge in [-0.3, -0.25) is 0 Å². The van der Waals surface area contributed by atoms with Gasteiger partial charge in [0.1, 0.15) is 0 Å². The van der Waals surface area contributed by atoms with E-state index in [0.717, 1.165) is 25.8 Å². The Hall–Kier alpha value is -0.870. The molecule has 104 valence electrons. The second-order valence-corrected chi connectivity index (χ2v) is 5.44. The average molecular weight is 253 g/mol. The van der Waals surface area contributed by atoms with Gasteiger partial charge in [-0.05, 0) is 39.7 Å². The summed E-state index contributed by atoms with van der Waals surface area (Å²) >= 11 is 0. The summed E-state index contributed by atoms with van der Waals surface area (Å²) in [7, 11) is 3.82. The Morgan fingerprint density at radius 2 is 2.22 bits per heavy atom. The molecule has 0 fully saturated rings. The second-order valence-electron chi connectivity index (χ2n) is 5.44. The monoisotopic (exact) mass is 253 g/mol. The van der Waals surface area contributed by atoms with Gasteiger partial charge < -0.3 is 14.6 Å². The van der Waals surface area contributed by atoms with Crippen LogP contribution in [0.3, 0.4) is 0 Å². The largest absolute Gasteiger partial charge is 0.379 e. The smallest absolute Gasteiger partial charge is 0.0946 e. The van der Waals surface area contributed by atoms with E-state index in [2.05, 4.69) is 35.6 Å². The molecular formula is C14H27N3O.